The van der Waals surface area contributed by atoms with Crippen molar-refractivity contribution in [3.05, 3.63) is 60.0 Å². The van der Waals surface area contributed by atoms with Crippen LogP contribution in [0.15, 0.2) is 52.9 Å². The van der Waals surface area contributed by atoms with Gasteiger partial charge in [-0.25, -0.2) is 4.79 Å². The van der Waals surface area contributed by atoms with Crippen molar-refractivity contribution in [2.24, 2.45) is 0 Å². The van der Waals surface area contributed by atoms with Crippen LogP contribution >= 0.6 is 11.8 Å². The molecule has 1 atom stereocenters. The first-order valence-electron chi connectivity index (χ1n) is 12.3. The van der Waals surface area contributed by atoms with Gasteiger partial charge >= 0.3 is 6.03 Å². The van der Waals surface area contributed by atoms with E-state index in [2.05, 4.69) is 22.0 Å². The SMILES string of the molecule is CCSC(c1nnc(-c2ccc(N3CCN(CCN4CCCC4)C3=O)cc2)o1)c1ccccc1O. The van der Waals surface area contributed by atoms with E-state index in [1.165, 1.54) is 12.8 Å². The summed E-state index contributed by atoms with van der Waals surface area (Å²) in [7, 11) is 0. The summed E-state index contributed by atoms with van der Waals surface area (Å²) in [6.07, 6.45) is 2.53. The molecule has 9 heteroatoms. The maximum atomic E-state index is 12.9. The number of hydrogen-bond acceptors (Lipinski definition) is 7. The molecule has 0 bridgehead atoms. The Morgan fingerprint density at radius 3 is 2.51 bits per heavy atom. The van der Waals surface area contributed by atoms with E-state index in [0.29, 0.717) is 18.3 Å². The molecule has 1 unspecified atom stereocenters. The molecule has 35 heavy (non-hydrogen) atoms. The molecule has 0 spiro atoms. The van der Waals surface area contributed by atoms with Gasteiger partial charge in [0.15, 0.2) is 0 Å². The van der Waals surface area contributed by atoms with Crippen molar-refractivity contribution in [1.82, 2.24) is 20.0 Å². The molecule has 0 radical (unpaired) electrons. The number of benzene rings is 2. The number of anilines is 1. The minimum atomic E-state index is -0.240. The van der Waals surface area contributed by atoms with Crippen molar-refractivity contribution in [3.8, 4) is 17.2 Å². The molecule has 1 aromatic heterocycles. The van der Waals surface area contributed by atoms with Crippen LogP contribution in [0.4, 0.5) is 10.5 Å². The third kappa shape index (κ3) is 5.16. The quantitative estimate of drug-likeness (QED) is 0.465. The lowest BCUT2D eigenvalue weighted by Crippen LogP contribution is -2.37. The van der Waals surface area contributed by atoms with Gasteiger partial charge in [-0.05, 0) is 62.0 Å². The number of aromatic hydroxyl groups is 1. The van der Waals surface area contributed by atoms with Crippen LogP contribution in [0, 0.1) is 0 Å². The van der Waals surface area contributed by atoms with E-state index in [-0.39, 0.29) is 17.0 Å². The monoisotopic (exact) mass is 493 g/mol. The van der Waals surface area contributed by atoms with Crippen molar-refractivity contribution in [3.63, 3.8) is 0 Å². The first-order chi connectivity index (χ1) is 17.1. The minimum Gasteiger partial charge on any atom is -0.508 e. The number of carbonyl (C=O) groups excluding carboxylic acids is 1. The van der Waals surface area contributed by atoms with E-state index in [0.717, 1.165) is 55.3 Å². The number of rotatable bonds is 9. The second kappa shape index (κ2) is 10.7. The number of phenols is 1. The Labute approximate surface area is 209 Å². The summed E-state index contributed by atoms with van der Waals surface area (Å²) < 4.78 is 6.03. The smallest absolute Gasteiger partial charge is 0.324 e. The van der Waals surface area contributed by atoms with E-state index in [9.17, 15) is 9.90 Å². The molecular weight excluding hydrogens is 462 g/mol. The number of nitrogens with zero attached hydrogens (tertiary/aromatic N) is 5. The molecule has 2 fully saturated rings. The van der Waals surface area contributed by atoms with Gasteiger partial charge in [0.1, 0.15) is 11.0 Å². The summed E-state index contributed by atoms with van der Waals surface area (Å²) in [6, 6.07) is 15.0. The molecule has 2 amide bonds. The van der Waals surface area contributed by atoms with E-state index >= 15 is 0 Å². The molecule has 3 heterocycles. The molecule has 2 saturated heterocycles. The second-order valence-electron chi connectivity index (χ2n) is 8.86. The van der Waals surface area contributed by atoms with E-state index in [1.54, 1.807) is 23.9 Å². The summed E-state index contributed by atoms with van der Waals surface area (Å²) in [6.45, 7) is 7.54. The fraction of sp³-hybridized carbons (Fsp3) is 0.423. The average Bonchev–Trinajstić information content (AvgIpc) is 3.64. The number of para-hydroxylation sites is 1. The Balaban J connectivity index is 1.26. The van der Waals surface area contributed by atoms with Crippen molar-refractivity contribution in [1.29, 1.82) is 0 Å². The number of aromatic nitrogens is 2. The third-order valence-corrected chi connectivity index (χ3v) is 7.75. The first kappa shape index (κ1) is 23.7. The van der Waals surface area contributed by atoms with Crippen molar-refractivity contribution >= 4 is 23.5 Å². The van der Waals surface area contributed by atoms with Crippen molar-refractivity contribution in [2.45, 2.75) is 25.0 Å². The van der Waals surface area contributed by atoms with Crippen LogP contribution in [-0.4, -0.2) is 76.2 Å². The van der Waals surface area contributed by atoms with E-state index < -0.39 is 0 Å². The van der Waals surface area contributed by atoms with Gasteiger partial charge in [-0.2, -0.15) is 0 Å². The molecule has 5 rings (SSSR count). The van der Waals surface area contributed by atoms with Crippen LogP contribution in [-0.2, 0) is 0 Å². The third-order valence-electron chi connectivity index (χ3n) is 6.62. The normalized spacial score (nSPS) is 17.5. The molecule has 0 aliphatic carbocycles. The predicted molar refractivity (Wildman–Crippen MR) is 138 cm³/mol. The highest BCUT2D eigenvalue weighted by atomic mass is 32.2. The van der Waals surface area contributed by atoms with Gasteiger partial charge in [0, 0.05) is 43.0 Å². The zero-order valence-electron chi connectivity index (χ0n) is 20.0. The average molecular weight is 494 g/mol. The highest BCUT2D eigenvalue weighted by molar-refractivity contribution is 7.99. The lowest BCUT2D eigenvalue weighted by atomic mass is 10.1. The van der Waals surface area contributed by atoms with Crippen LogP contribution in [0.2, 0.25) is 0 Å². The van der Waals surface area contributed by atoms with Crippen LogP contribution in [0.5, 0.6) is 5.75 Å². The molecule has 1 N–H and O–H groups in total. The minimum absolute atomic E-state index is 0.0686. The summed E-state index contributed by atoms with van der Waals surface area (Å²) >= 11 is 1.63. The van der Waals surface area contributed by atoms with Crippen LogP contribution in [0.25, 0.3) is 11.5 Å². The molecular formula is C26H31N5O3S. The molecule has 2 aromatic carbocycles. The van der Waals surface area contributed by atoms with Crippen LogP contribution in [0.1, 0.15) is 36.5 Å². The topological polar surface area (TPSA) is 85.9 Å². The number of thioether (sulfide) groups is 1. The fourth-order valence-electron chi connectivity index (χ4n) is 4.71. The number of urea groups is 1. The van der Waals surface area contributed by atoms with Gasteiger partial charge < -0.3 is 19.3 Å². The first-order valence-corrected chi connectivity index (χ1v) is 13.3. The number of carbonyl (C=O) groups is 1. The highest BCUT2D eigenvalue weighted by Gasteiger charge is 2.30. The van der Waals surface area contributed by atoms with Gasteiger partial charge in [-0.15, -0.1) is 22.0 Å². The van der Waals surface area contributed by atoms with Crippen molar-refractivity contribution < 1.29 is 14.3 Å². The summed E-state index contributed by atoms with van der Waals surface area (Å²) in [4.78, 5) is 19.2. The molecule has 8 nitrogen and oxygen atoms in total. The Morgan fingerprint density at radius 1 is 1.00 bits per heavy atom. The second-order valence-corrected chi connectivity index (χ2v) is 10.2. The maximum Gasteiger partial charge on any atom is 0.324 e. The Morgan fingerprint density at radius 2 is 1.77 bits per heavy atom. The van der Waals surface area contributed by atoms with Crippen LogP contribution < -0.4 is 4.90 Å². The number of amides is 2. The summed E-state index contributed by atoms with van der Waals surface area (Å²) in [5.74, 6) is 1.93. The number of hydrogen-bond donors (Lipinski definition) is 1. The standard InChI is InChI=1S/C26H31N5O3S/c1-2-35-23(21-7-3-4-8-22(21)32)25-28-27-24(34-25)19-9-11-20(12-10-19)31-18-17-30(26(31)33)16-15-29-13-5-6-14-29/h3-4,7-12,23,32H,2,5-6,13-18H2,1H3. The summed E-state index contributed by atoms with van der Waals surface area (Å²) in [5, 5.41) is 18.6. The van der Waals surface area contributed by atoms with Gasteiger partial charge in [0.25, 0.3) is 0 Å². The number of likely N-dealkylation sites (tertiary alicyclic amines) is 1. The Bertz CT molecular complexity index is 1150. The fourth-order valence-corrected chi connectivity index (χ4v) is 5.66. The zero-order chi connectivity index (χ0) is 24.2. The van der Waals surface area contributed by atoms with Gasteiger partial charge in [-0.1, -0.05) is 25.1 Å². The molecule has 184 valence electrons. The van der Waals surface area contributed by atoms with E-state index in [4.69, 9.17) is 4.42 Å². The highest BCUT2D eigenvalue weighted by Crippen LogP contribution is 2.39. The zero-order valence-corrected chi connectivity index (χ0v) is 20.8. The Kier molecular flexibility index (Phi) is 7.24. The van der Waals surface area contributed by atoms with Gasteiger partial charge in [0.2, 0.25) is 11.8 Å². The lowest BCUT2D eigenvalue weighted by Gasteiger charge is -2.21. The van der Waals surface area contributed by atoms with Gasteiger partial charge in [-0.3, -0.25) is 4.90 Å². The molecule has 3 aromatic rings. The van der Waals surface area contributed by atoms with Crippen molar-refractivity contribution in [2.75, 3.05) is 49.9 Å². The van der Waals surface area contributed by atoms with E-state index in [1.807, 2.05) is 46.2 Å². The molecule has 2 aliphatic rings. The Hall–Kier alpha value is -3.04. The maximum absolute atomic E-state index is 12.9. The van der Waals surface area contributed by atoms with Crippen LogP contribution in [0.3, 0.4) is 0 Å². The summed E-state index contributed by atoms with van der Waals surface area (Å²) in [5.41, 5.74) is 2.42. The lowest BCUT2D eigenvalue weighted by molar-refractivity contribution is 0.211. The van der Waals surface area contributed by atoms with Gasteiger partial charge in [0.05, 0.1) is 0 Å². The number of phenolic OH excluding ortho intramolecular Hbond substituents is 1. The largest absolute Gasteiger partial charge is 0.508 e. The predicted octanol–water partition coefficient (Wildman–Crippen LogP) is 4.62. The molecule has 2 aliphatic heterocycles. The molecule has 0 saturated carbocycles.